The highest BCUT2D eigenvalue weighted by molar-refractivity contribution is 7.99. The third-order valence-corrected chi connectivity index (χ3v) is 3.31. The monoisotopic (exact) mass is 272 g/mol. The van der Waals surface area contributed by atoms with Crippen molar-refractivity contribution in [3.8, 4) is 0 Å². The van der Waals surface area contributed by atoms with Crippen LogP contribution in [0.1, 0.15) is 16.8 Å². The molecule has 0 radical (unpaired) electrons. The second-order valence-electron chi connectivity index (χ2n) is 3.68. The minimum atomic E-state index is -0.455. The summed E-state index contributed by atoms with van der Waals surface area (Å²) in [6.45, 7) is 0.706. The maximum atomic E-state index is 12.8. The molecule has 1 aromatic rings. The van der Waals surface area contributed by atoms with Crippen molar-refractivity contribution in [1.82, 2.24) is 5.32 Å². The maximum absolute atomic E-state index is 12.8. The molecule has 6 heteroatoms. The molecule has 1 rings (SSSR count). The first-order chi connectivity index (χ1) is 8.65. The highest BCUT2D eigenvalue weighted by atomic mass is 32.2. The SMILES string of the molecule is Nc1cc(F)ccc1C(=O)NCCSCCCO. The zero-order valence-corrected chi connectivity index (χ0v) is 10.8. The summed E-state index contributed by atoms with van der Waals surface area (Å²) in [6, 6.07) is 3.71. The van der Waals surface area contributed by atoms with E-state index in [1.165, 1.54) is 12.1 Å². The average Bonchev–Trinajstić information content (AvgIpc) is 2.33. The fourth-order valence-electron chi connectivity index (χ4n) is 1.34. The van der Waals surface area contributed by atoms with Crippen LogP contribution in [0, 0.1) is 5.82 Å². The minimum Gasteiger partial charge on any atom is -0.398 e. The van der Waals surface area contributed by atoms with E-state index in [-0.39, 0.29) is 23.8 Å². The number of carbonyl (C=O) groups is 1. The Morgan fingerprint density at radius 2 is 2.22 bits per heavy atom. The molecular weight excluding hydrogens is 255 g/mol. The molecule has 4 N–H and O–H groups in total. The molecule has 0 aliphatic heterocycles. The fraction of sp³-hybridized carbons (Fsp3) is 0.417. The summed E-state index contributed by atoms with van der Waals surface area (Å²) in [7, 11) is 0. The van der Waals surface area contributed by atoms with E-state index in [4.69, 9.17) is 10.8 Å². The second-order valence-corrected chi connectivity index (χ2v) is 4.90. The smallest absolute Gasteiger partial charge is 0.253 e. The Balaban J connectivity index is 2.32. The van der Waals surface area contributed by atoms with Crippen LogP contribution in [0.3, 0.4) is 0 Å². The summed E-state index contributed by atoms with van der Waals surface area (Å²) in [5.74, 6) is 0.886. The van der Waals surface area contributed by atoms with Crippen LogP contribution in [0.4, 0.5) is 10.1 Å². The van der Waals surface area contributed by atoms with Gasteiger partial charge < -0.3 is 16.2 Å². The Morgan fingerprint density at radius 1 is 1.44 bits per heavy atom. The van der Waals surface area contributed by atoms with Gasteiger partial charge in [-0.3, -0.25) is 4.79 Å². The quantitative estimate of drug-likeness (QED) is 0.516. The first-order valence-corrected chi connectivity index (χ1v) is 6.82. The zero-order valence-electron chi connectivity index (χ0n) is 9.99. The van der Waals surface area contributed by atoms with Crippen LogP contribution in [0.25, 0.3) is 0 Å². The van der Waals surface area contributed by atoms with E-state index >= 15 is 0 Å². The molecular formula is C12H17FN2O2S. The molecule has 1 amide bonds. The summed E-state index contributed by atoms with van der Waals surface area (Å²) in [4.78, 5) is 11.7. The molecule has 0 aliphatic carbocycles. The number of anilines is 1. The summed E-state index contributed by atoms with van der Waals surface area (Å²) in [5.41, 5.74) is 5.99. The summed E-state index contributed by atoms with van der Waals surface area (Å²) < 4.78 is 12.8. The van der Waals surface area contributed by atoms with E-state index in [9.17, 15) is 9.18 Å². The zero-order chi connectivity index (χ0) is 13.4. The van der Waals surface area contributed by atoms with E-state index in [1.54, 1.807) is 11.8 Å². The first kappa shape index (κ1) is 14.8. The number of aliphatic hydroxyl groups excluding tert-OH is 1. The third kappa shape index (κ3) is 4.93. The van der Waals surface area contributed by atoms with Gasteiger partial charge in [-0.05, 0) is 30.4 Å². The van der Waals surface area contributed by atoms with Crippen LogP contribution < -0.4 is 11.1 Å². The molecule has 0 fully saturated rings. The molecule has 0 saturated carbocycles. The molecule has 0 heterocycles. The number of amides is 1. The Hall–Kier alpha value is -1.27. The van der Waals surface area contributed by atoms with Crippen LogP contribution in [-0.4, -0.2) is 35.7 Å². The number of benzene rings is 1. The highest BCUT2D eigenvalue weighted by Gasteiger charge is 2.09. The van der Waals surface area contributed by atoms with E-state index in [2.05, 4.69) is 5.32 Å². The van der Waals surface area contributed by atoms with Crippen molar-refractivity contribution in [3.63, 3.8) is 0 Å². The fourth-order valence-corrected chi connectivity index (χ4v) is 2.12. The Labute approximate surface area is 110 Å². The standard InChI is InChI=1S/C12H17FN2O2S/c13-9-2-3-10(11(14)8-9)12(17)15-4-7-18-6-1-5-16/h2-3,8,16H,1,4-7,14H2,(H,15,17). The molecule has 0 unspecified atom stereocenters. The molecule has 4 nitrogen and oxygen atoms in total. The maximum Gasteiger partial charge on any atom is 0.253 e. The Bertz CT molecular complexity index is 402. The van der Waals surface area contributed by atoms with Gasteiger partial charge in [0, 0.05) is 24.6 Å². The number of hydrogen-bond donors (Lipinski definition) is 3. The number of thioether (sulfide) groups is 1. The molecule has 18 heavy (non-hydrogen) atoms. The van der Waals surface area contributed by atoms with Crippen molar-refractivity contribution in [2.45, 2.75) is 6.42 Å². The van der Waals surface area contributed by atoms with Gasteiger partial charge in [0.2, 0.25) is 0 Å². The number of nitrogens with two attached hydrogens (primary N) is 1. The number of hydrogen-bond acceptors (Lipinski definition) is 4. The Morgan fingerprint density at radius 3 is 2.89 bits per heavy atom. The molecule has 0 spiro atoms. The molecule has 0 aromatic heterocycles. The lowest BCUT2D eigenvalue weighted by Crippen LogP contribution is -2.26. The van der Waals surface area contributed by atoms with Crippen LogP contribution in [-0.2, 0) is 0 Å². The van der Waals surface area contributed by atoms with Gasteiger partial charge in [0.1, 0.15) is 5.82 Å². The second kappa shape index (κ2) is 7.94. The highest BCUT2D eigenvalue weighted by Crippen LogP contribution is 2.13. The number of carbonyl (C=O) groups excluding carboxylic acids is 1. The van der Waals surface area contributed by atoms with Gasteiger partial charge in [-0.25, -0.2) is 4.39 Å². The lowest BCUT2D eigenvalue weighted by Gasteiger charge is -2.07. The van der Waals surface area contributed by atoms with Crippen molar-refractivity contribution in [3.05, 3.63) is 29.6 Å². The number of nitrogens with one attached hydrogen (secondary N) is 1. The average molecular weight is 272 g/mol. The summed E-state index contributed by atoms with van der Waals surface area (Å²) in [5, 5.41) is 11.3. The summed E-state index contributed by atoms with van der Waals surface area (Å²) >= 11 is 1.66. The summed E-state index contributed by atoms with van der Waals surface area (Å²) in [6.07, 6.45) is 0.753. The van der Waals surface area contributed by atoms with Crippen molar-refractivity contribution < 1.29 is 14.3 Å². The van der Waals surface area contributed by atoms with Gasteiger partial charge in [0.05, 0.1) is 5.56 Å². The van der Waals surface area contributed by atoms with E-state index in [0.717, 1.165) is 24.0 Å². The minimum absolute atomic E-state index is 0.139. The van der Waals surface area contributed by atoms with Crippen molar-refractivity contribution in [2.24, 2.45) is 0 Å². The molecule has 100 valence electrons. The van der Waals surface area contributed by atoms with Crippen LogP contribution in [0.15, 0.2) is 18.2 Å². The van der Waals surface area contributed by atoms with Crippen LogP contribution in [0.5, 0.6) is 0 Å². The first-order valence-electron chi connectivity index (χ1n) is 5.67. The number of nitrogen functional groups attached to an aromatic ring is 1. The van der Waals surface area contributed by atoms with Gasteiger partial charge in [-0.1, -0.05) is 0 Å². The molecule has 0 saturated heterocycles. The predicted molar refractivity (Wildman–Crippen MR) is 72.2 cm³/mol. The van der Waals surface area contributed by atoms with E-state index in [1.807, 2.05) is 0 Å². The third-order valence-electron chi connectivity index (χ3n) is 2.24. The Kier molecular flexibility index (Phi) is 6.53. The van der Waals surface area contributed by atoms with Crippen molar-refractivity contribution in [1.29, 1.82) is 0 Å². The molecule has 1 aromatic carbocycles. The lowest BCUT2D eigenvalue weighted by molar-refractivity contribution is 0.0957. The van der Waals surface area contributed by atoms with Crippen LogP contribution >= 0.6 is 11.8 Å². The number of rotatable bonds is 7. The van der Waals surface area contributed by atoms with Crippen molar-refractivity contribution in [2.75, 3.05) is 30.4 Å². The van der Waals surface area contributed by atoms with E-state index in [0.29, 0.717) is 6.54 Å². The van der Waals surface area contributed by atoms with Gasteiger partial charge in [0.15, 0.2) is 0 Å². The number of aliphatic hydroxyl groups is 1. The molecule has 0 bridgehead atoms. The topological polar surface area (TPSA) is 75.4 Å². The van der Waals surface area contributed by atoms with Crippen molar-refractivity contribution >= 4 is 23.4 Å². The largest absolute Gasteiger partial charge is 0.398 e. The molecule has 0 atom stereocenters. The molecule has 0 aliphatic rings. The normalized spacial score (nSPS) is 10.3. The van der Waals surface area contributed by atoms with Gasteiger partial charge in [0.25, 0.3) is 5.91 Å². The van der Waals surface area contributed by atoms with Gasteiger partial charge in [-0.2, -0.15) is 11.8 Å². The predicted octanol–water partition coefficient (Wildman–Crippen LogP) is 1.25. The van der Waals surface area contributed by atoms with Gasteiger partial charge >= 0.3 is 0 Å². The van der Waals surface area contributed by atoms with E-state index < -0.39 is 5.82 Å². The van der Waals surface area contributed by atoms with Crippen LogP contribution in [0.2, 0.25) is 0 Å². The lowest BCUT2D eigenvalue weighted by atomic mass is 10.1. The van der Waals surface area contributed by atoms with Gasteiger partial charge in [-0.15, -0.1) is 0 Å². The number of halogens is 1.